The van der Waals surface area contributed by atoms with Crippen molar-refractivity contribution in [2.75, 3.05) is 10.6 Å². The van der Waals surface area contributed by atoms with Crippen LogP contribution in [0, 0.1) is 0 Å². The van der Waals surface area contributed by atoms with E-state index < -0.39 is 0 Å². The van der Waals surface area contributed by atoms with Crippen molar-refractivity contribution in [3.05, 3.63) is 384 Å². The van der Waals surface area contributed by atoms with Gasteiger partial charge >= 0.3 is 36.0 Å². The fraction of sp³-hybridized carbons (Fsp3) is 0. The molecule has 0 saturated heterocycles. The van der Waals surface area contributed by atoms with Gasteiger partial charge in [-0.05, 0) is 197 Å². The van der Waals surface area contributed by atoms with Gasteiger partial charge in [0.15, 0.2) is 0 Å². The summed E-state index contributed by atoms with van der Waals surface area (Å²) >= 11 is 0. The molecule has 14 heteroatoms. The molecule has 6 aromatic heterocycles. The Bertz CT molecular complexity index is 6540. The number of anilines is 2. The first kappa shape index (κ1) is 73.0. The molecule has 116 heavy (non-hydrogen) atoms. The second-order valence-electron chi connectivity index (χ2n) is 28.1. The van der Waals surface area contributed by atoms with Gasteiger partial charge in [0.2, 0.25) is 0 Å². The van der Waals surface area contributed by atoms with Crippen LogP contribution >= 0.6 is 0 Å². The molecule has 0 spiro atoms. The maximum Gasteiger partial charge on any atom is 2.00 e. The topological polar surface area (TPSA) is 166 Å². The number of nitrogens with zero attached hydrogens (tertiary/aromatic N) is 8. The second kappa shape index (κ2) is 31.6. The Hall–Kier alpha value is -14.5. The largest absolute Gasteiger partial charge is 2.00 e. The molecule has 16 bridgehead atoms. The minimum absolute atomic E-state index is 0. The van der Waals surface area contributed by atoms with Crippen LogP contribution < -0.4 is 30.6 Å². The molecule has 20 rings (SSSR count). The van der Waals surface area contributed by atoms with Crippen molar-refractivity contribution in [3.8, 4) is 100 Å². The molecule has 12 nitrogen and oxygen atoms in total. The smallest absolute Gasteiger partial charge is 0.657 e. The molecule has 10 aromatic carbocycles. The number of nitrogens with one attached hydrogen (secondary N) is 2. The van der Waals surface area contributed by atoms with Crippen LogP contribution in [0.3, 0.4) is 0 Å². The summed E-state index contributed by atoms with van der Waals surface area (Å²) in [6.45, 7) is 0. The number of carbonyl (C=O) groups excluding carboxylic acids is 2. The number of hydrogen-bond acceptors (Lipinski definition) is 6. The van der Waals surface area contributed by atoms with Crippen LogP contribution in [0.5, 0.6) is 0 Å². The number of carbonyl (C=O) groups is 2. The van der Waals surface area contributed by atoms with Gasteiger partial charge in [0.05, 0.1) is 45.6 Å². The van der Waals surface area contributed by atoms with Gasteiger partial charge in [-0.15, -0.1) is 44.1 Å². The Kier molecular flexibility index (Phi) is 19.8. The number of rotatable bonds is 13. The average molecular weight is 1590 g/mol. The summed E-state index contributed by atoms with van der Waals surface area (Å²) < 4.78 is 0. The van der Waals surface area contributed by atoms with Crippen molar-refractivity contribution in [1.29, 1.82) is 0 Å². The maximum atomic E-state index is 14.4. The standard InChI is InChI=1S/C102H66N10O2.Ni.Zn/c113-101(71-41-37-69(38-42-71)99-89-57-53-85(109-89)95(65-25-11-3-12-26-65)81-49-45-77(105-81)93(63-21-7-1-8-22-63)78-46-50-82(106-78)96(66-27-13-4-14-28-66)86-54-58-90(99)110-86)103-75-35-19-33-73(61-75)74-34-20-36-76(62-74)104-102(114)72-43-39-70(40-44-72)100-91-59-55-87(111-91)97(67-29-15-5-16-30-67)83-51-47-79(107-83)94(64-23-9-2-10-24-64)80-48-52-84(108-80)98(68-31-17-6-18-32-68)88-56-60-92(100)112-88;;/h1-62H,(H4-2,103,104,105,106,107,108,109,110,111,112,113,114);;/q-2;2*+2/p-2. The van der Waals surface area contributed by atoms with Gasteiger partial charge in [-0.3, -0.25) is 9.59 Å². The molecule has 2 amide bonds. The summed E-state index contributed by atoms with van der Waals surface area (Å²) in [5, 5.41) is 6.32. The van der Waals surface area contributed by atoms with Crippen LogP contribution in [0.1, 0.15) is 66.3 Å². The van der Waals surface area contributed by atoms with E-state index in [4.69, 9.17) is 39.9 Å². The van der Waals surface area contributed by atoms with E-state index in [1.807, 2.05) is 231 Å². The molecule has 0 aliphatic carbocycles. The molecule has 546 valence electrons. The van der Waals surface area contributed by atoms with Crippen LogP contribution in [0.15, 0.2) is 328 Å². The van der Waals surface area contributed by atoms with Crippen molar-refractivity contribution < 1.29 is 45.6 Å². The maximum absolute atomic E-state index is 14.4. The first-order chi connectivity index (χ1) is 56.3. The quantitative estimate of drug-likeness (QED) is 0.106. The van der Waals surface area contributed by atoms with Gasteiger partial charge < -0.3 is 30.6 Å². The Balaban J connectivity index is 0.00000465. The Morgan fingerprint density at radius 1 is 0.207 bits per heavy atom. The fourth-order valence-electron chi connectivity index (χ4n) is 15.7. The van der Waals surface area contributed by atoms with Gasteiger partial charge in [-0.2, -0.15) is 0 Å². The predicted molar refractivity (Wildman–Crippen MR) is 465 cm³/mol. The zero-order valence-corrected chi connectivity index (χ0v) is 66.2. The van der Waals surface area contributed by atoms with Crippen LogP contribution in [-0.2, 0) is 36.0 Å². The third-order valence-corrected chi connectivity index (χ3v) is 21.0. The summed E-state index contributed by atoms with van der Waals surface area (Å²) in [5.41, 5.74) is 30.5. The SMILES string of the molecule is O=C(Nc1cccc(-c2cccc(NC(=O)c3ccc(-c4c5nc(c(-c6ccccc6)c6ccc([n-]6)c(-c6ccccc6)c6nc(c(-c7ccccc7)c7ccc4[n-]7)C=C6)C=C5)cc3)c2)c1)c1ccc(-c2c3nc(c(-c4ccccc4)c4ccc([n-]4)c(-c4ccccc4)c4nc(c(-c5ccccc5)c5ccc2[n-]5)C=C4)C=C3)cc1.[Ni+2].[Zn+2]. The predicted octanol–water partition coefficient (Wildman–Crippen LogP) is 23.6. The van der Waals surface area contributed by atoms with Crippen molar-refractivity contribution in [2.45, 2.75) is 0 Å². The Morgan fingerprint density at radius 2 is 0.388 bits per heavy atom. The number of amides is 2. The number of hydrogen-bond donors (Lipinski definition) is 2. The third kappa shape index (κ3) is 14.1. The molecule has 0 saturated carbocycles. The van der Waals surface area contributed by atoms with Gasteiger partial charge in [0, 0.05) is 22.5 Å². The minimum Gasteiger partial charge on any atom is -0.657 e. The second-order valence-corrected chi connectivity index (χ2v) is 28.1. The zero-order chi connectivity index (χ0) is 76.0. The van der Waals surface area contributed by atoms with E-state index in [2.05, 4.69) is 156 Å². The van der Waals surface area contributed by atoms with Crippen molar-refractivity contribution in [2.24, 2.45) is 0 Å². The normalized spacial score (nSPS) is 11.8. The van der Waals surface area contributed by atoms with Crippen LogP contribution in [0.2, 0.25) is 0 Å². The van der Waals surface area contributed by atoms with Crippen molar-refractivity contribution in [3.63, 3.8) is 0 Å². The van der Waals surface area contributed by atoms with E-state index in [1.165, 1.54) is 0 Å². The molecule has 4 aliphatic heterocycles. The van der Waals surface area contributed by atoms with Crippen LogP contribution in [0.4, 0.5) is 11.4 Å². The Morgan fingerprint density at radius 3 is 0.586 bits per heavy atom. The molecule has 0 atom stereocenters. The molecule has 0 unspecified atom stereocenters. The van der Waals surface area contributed by atoms with E-state index in [-0.39, 0.29) is 47.8 Å². The van der Waals surface area contributed by atoms with E-state index in [9.17, 15) is 9.59 Å². The molecular formula is C102H64N10NiO2Zn. The summed E-state index contributed by atoms with van der Waals surface area (Å²) in [6.07, 6.45) is 16.5. The van der Waals surface area contributed by atoms with Crippen molar-refractivity contribution >= 4 is 116 Å². The summed E-state index contributed by atoms with van der Waals surface area (Å²) in [6, 6.07) is 109. The average Bonchev–Trinajstić information content (AvgIpc) is 1.60. The van der Waals surface area contributed by atoms with E-state index in [0.717, 1.165) is 167 Å². The molecule has 0 fully saturated rings. The first-order valence-electron chi connectivity index (χ1n) is 37.8. The first-order valence-corrected chi connectivity index (χ1v) is 37.8. The number of aromatic nitrogens is 8. The Labute approximate surface area is 691 Å². The fourth-order valence-corrected chi connectivity index (χ4v) is 15.7. The monoisotopic (exact) mass is 1580 g/mol. The van der Waals surface area contributed by atoms with E-state index in [1.54, 1.807) is 0 Å². The molecule has 0 radical (unpaired) electrons. The van der Waals surface area contributed by atoms with Crippen LogP contribution in [-0.4, -0.2) is 31.8 Å². The van der Waals surface area contributed by atoms with Crippen molar-refractivity contribution in [1.82, 2.24) is 39.9 Å². The molecule has 4 aliphatic rings. The third-order valence-electron chi connectivity index (χ3n) is 21.0. The minimum atomic E-state index is -0.287. The van der Waals surface area contributed by atoms with E-state index in [0.29, 0.717) is 44.9 Å². The molecule has 2 N–H and O–H groups in total. The number of fused-ring (bicyclic) bond motifs is 16. The van der Waals surface area contributed by atoms with Gasteiger partial charge in [-0.1, -0.05) is 279 Å². The molecule has 10 heterocycles. The summed E-state index contributed by atoms with van der Waals surface area (Å²) in [7, 11) is 0. The van der Waals surface area contributed by atoms with Gasteiger partial charge in [0.25, 0.3) is 11.8 Å². The zero-order valence-electron chi connectivity index (χ0n) is 62.2. The van der Waals surface area contributed by atoms with E-state index >= 15 is 0 Å². The summed E-state index contributed by atoms with van der Waals surface area (Å²) in [4.78, 5) is 72.3. The summed E-state index contributed by atoms with van der Waals surface area (Å²) in [5.74, 6) is -0.574. The van der Waals surface area contributed by atoms with Gasteiger partial charge in [-0.25, -0.2) is 19.9 Å². The molecular weight excluding hydrogens is 1520 g/mol. The van der Waals surface area contributed by atoms with Crippen LogP contribution in [0.25, 0.3) is 193 Å². The van der Waals surface area contributed by atoms with Gasteiger partial charge in [0.1, 0.15) is 0 Å². The molecule has 16 aromatic rings. The number of benzene rings is 10.